The van der Waals surface area contributed by atoms with E-state index in [-0.39, 0.29) is 11.0 Å². The summed E-state index contributed by atoms with van der Waals surface area (Å²) in [4.78, 5) is 2.09. The Morgan fingerprint density at radius 2 is 1.89 bits per heavy atom. The molecule has 0 aromatic heterocycles. The lowest BCUT2D eigenvalue weighted by Gasteiger charge is -2.22. The average molecular weight is 271 g/mol. The van der Waals surface area contributed by atoms with Crippen molar-refractivity contribution in [2.24, 2.45) is 5.41 Å². The van der Waals surface area contributed by atoms with Gasteiger partial charge in [0.1, 0.15) is 5.82 Å². The molecular weight excluding hydrogens is 255 g/mol. The van der Waals surface area contributed by atoms with Gasteiger partial charge in [0, 0.05) is 36.7 Å². The Morgan fingerprint density at radius 3 is 2.63 bits per heavy atom. The Labute approximate surface area is 110 Å². The maximum absolute atomic E-state index is 13.6. The summed E-state index contributed by atoms with van der Waals surface area (Å²) in [7, 11) is 0. The quantitative estimate of drug-likeness (QED) is 0.767. The first kappa shape index (κ1) is 12.9. The molecule has 104 valence electrons. The van der Waals surface area contributed by atoms with Crippen LogP contribution in [-0.4, -0.2) is 31.2 Å². The minimum Gasteiger partial charge on any atom is -0.381 e. The topological polar surface area (TPSA) is 12.5 Å². The van der Waals surface area contributed by atoms with Crippen molar-refractivity contribution in [3.63, 3.8) is 0 Å². The summed E-state index contributed by atoms with van der Waals surface area (Å²) in [5.74, 6) is -2.81. The summed E-state index contributed by atoms with van der Waals surface area (Å²) in [6.07, 6.45) is 2.06. The van der Waals surface area contributed by atoms with Gasteiger partial charge < -0.3 is 4.74 Å². The molecule has 0 aliphatic carbocycles. The van der Waals surface area contributed by atoms with Crippen LogP contribution in [0.2, 0.25) is 0 Å². The molecule has 2 nitrogen and oxygen atoms in total. The van der Waals surface area contributed by atoms with Crippen LogP contribution < -0.4 is 0 Å². The number of halogens is 3. The highest BCUT2D eigenvalue weighted by atomic mass is 19.2. The minimum absolute atomic E-state index is 0.190. The fourth-order valence-electron chi connectivity index (χ4n) is 3.06. The van der Waals surface area contributed by atoms with E-state index >= 15 is 0 Å². The number of nitrogens with zero attached hydrogens (tertiary/aromatic N) is 1. The normalized spacial score (nSPS) is 27.5. The number of hydrogen-bond acceptors (Lipinski definition) is 2. The zero-order chi connectivity index (χ0) is 13.5. The summed E-state index contributed by atoms with van der Waals surface area (Å²) in [6.45, 7) is 3.55. The van der Waals surface area contributed by atoms with Crippen LogP contribution in [0.3, 0.4) is 0 Å². The van der Waals surface area contributed by atoms with Crippen LogP contribution in [0, 0.1) is 22.9 Å². The Kier molecular flexibility index (Phi) is 3.27. The first-order valence-corrected chi connectivity index (χ1v) is 6.52. The highest BCUT2D eigenvalue weighted by molar-refractivity contribution is 5.20. The lowest BCUT2D eigenvalue weighted by molar-refractivity contribution is 0.151. The molecule has 0 radical (unpaired) electrons. The summed E-state index contributed by atoms with van der Waals surface area (Å²) in [5, 5.41) is 0. The molecule has 2 heterocycles. The van der Waals surface area contributed by atoms with Crippen LogP contribution in [0.15, 0.2) is 12.1 Å². The van der Waals surface area contributed by atoms with Gasteiger partial charge in [-0.1, -0.05) is 0 Å². The lowest BCUT2D eigenvalue weighted by Crippen LogP contribution is -2.27. The predicted octanol–water partition coefficient (Wildman–Crippen LogP) is 2.72. The third kappa shape index (κ3) is 2.49. The van der Waals surface area contributed by atoms with Crippen LogP contribution in [-0.2, 0) is 11.3 Å². The molecule has 3 rings (SSSR count). The summed E-state index contributed by atoms with van der Waals surface area (Å²) in [5.41, 5.74) is 0.407. The molecule has 0 amide bonds. The van der Waals surface area contributed by atoms with Crippen LogP contribution in [0.1, 0.15) is 18.4 Å². The molecule has 2 aliphatic rings. The van der Waals surface area contributed by atoms with Gasteiger partial charge >= 0.3 is 0 Å². The molecule has 0 saturated carbocycles. The van der Waals surface area contributed by atoms with Gasteiger partial charge in [0.15, 0.2) is 11.6 Å². The first-order chi connectivity index (χ1) is 9.08. The van der Waals surface area contributed by atoms with E-state index in [1.807, 2.05) is 0 Å². The van der Waals surface area contributed by atoms with Gasteiger partial charge in [0.25, 0.3) is 0 Å². The molecule has 5 heteroatoms. The summed E-state index contributed by atoms with van der Waals surface area (Å²) in [6, 6.07) is 1.58. The average Bonchev–Trinajstić information content (AvgIpc) is 2.98. The van der Waals surface area contributed by atoms with Crippen molar-refractivity contribution in [2.75, 3.05) is 26.3 Å². The molecular formula is C14H16F3NO. The van der Waals surface area contributed by atoms with Crippen molar-refractivity contribution in [1.82, 2.24) is 4.90 Å². The zero-order valence-corrected chi connectivity index (χ0v) is 10.6. The summed E-state index contributed by atoms with van der Waals surface area (Å²) >= 11 is 0. The number of likely N-dealkylation sites (tertiary alicyclic amines) is 1. The molecule has 0 bridgehead atoms. The van der Waals surface area contributed by atoms with E-state index in [0.717, 1.165) is 45.2 Å². The Bertz CT molecular complexity index is 486. The van der Waals surface area contributed by atoms with E-state index in [1.165, 1.54) is 0 Å². The molecule has 1 spiro atoms. The Balaban J connectivity index is 1.71. The smallest absolute Gasteiger partial charge is 0.161 e. The zero-order valence-electron chi connectivity index (χ0n) is 10.6. The highest BCUT2D eigenvalue weighted by Gasteiger charge is 2.41. The molecule has 0 unspecified atom stereocenters. The Hall–Kier alpha value is -1.07. The lowest BCUT2D eigenvalue weighted by atomic mass is 9.87. The van der Waals surface area contributed by atoms with Gasteiger partial charge in [0.2, 0.25) is 0 Å². The van der Waals surface area contributed by atoms with Gasteiger partial charge in [-0.25, -0.2) is 13.2 Å². The van der Waals surface area contributed by atoms with E-state index in [4.69, 9.17) is 4.74 Å². The number of ether oxygens (including phenoxy) is 1. The van der Waals surface area contributed by atoms with Crippen molar-refractivity contribution in [3.05, 3.63) is 35.1 Å². The third-order valence-corrected chi connectivity index (χ3v) is 4.19. The predicted molar refractivity (Wildman–Crippen MR) is 64.1 cm³/mol. The van der Waals surface area contributed by atoms with E-state index in [1.54, 1.807) is 0 Å². The van der Waals surface area contributed by atoms with Gasteiger partial charge in [-0.3, -0.25) is 4.90 Å². The van der Waals surface area contributed by atoms with Crippen molar-refractivity contribution >= 4 is 0 Å². The second-order valence-corrected chi connectivity index (χ2v) is 5.62. The van der Waals surface area contributed by atoms with E-state index < -0.39 is 17.5 Å². The van der Waals surface area contributed by atoms with E-state index in [9.17, 15) is 13.2 Å². The molecule has 1 atom stereocenters. The molecule has 1 aromatic carbocycles. The maximum atomic E-state index is 13.6. The number of benzene rings is 1. The number of rotatable bonds is 2. The van der Waals surface area contributed by atoms with Crippen molar-refractivity contribution in [2.45, 2.75) is 19.4 Å². The maximum Gasteiger partial charge on any atom is 0.161 e. The molecule has 2 fully saturated rings. The molecule has 1 aromatic rings. The standard InChI is InChI=1S/C14H16F3NO/c15-11-6-13(17)12(16)5-10(11)7-18-3-1-14(8-18)2-4-19-9-14/h5-6H,1-4,7-9H2/t14-/m0/s1. The second-order valence-electron chi connectivity index (χ2n) is 5.62. The SMILES string of the molecule is Fc1cc(F)c(CN2CC[C@]3(CCOC3)C2)cc1F. The van der Waals surface area contributed by atoms with Gasteiger partial charge in [-0.05, 0) is 25.5 Å². The fraction of sp³-hybridized carbons (Fsp3) is 0.571. The van der Waals surface area contributed by atoms with Crippen molar-refractivity contribution in [3.8, 4) is 0 Å². The monoisotopic (exact) mass is 271 g/mol. The van der Waals surface area contributed by atoms with Gasteiger partial charge in [0.05, 0.1) is 6.61 Å². The van der Waals surface area contributed by atoms with Crippen molar-refractivity contribution in [1.29, 1.82) is 0 Å². The minimum atomic E-state index is -1.14. The van der Waals surface area contributed by atoms with Crippen LogP contribution in [0.25, 0.3) is 0 Å². The Morgan fingerprint density at radius 1 is 1.11 bits per heavy atom. The summed E-state index contributed by atoms with van der Waals surface area (Å²) < 4.78 is 45.0. The van der Waals surface area contributed by atoms with Crippen LogP contribution in [0.5, 0.6) is 0 Å². The molecule has 2 saturated heterocycles. The van der Waals surface area contributed by atoms with Crippen LogP contribution in [0.4, 0.5) is 13.2 Å². The fourth-order valence-corrected chi connectivity index (χ4v) is 3.06. The molecule has 0 N–H and O–H groups in total. The van der Waals surface area contributed by atoms with Gasteiger partial charge in [-0.2, -0.15) is 0 Å². The first-order valence-electron chi connectivity index (χ1n) is 6.52. The van der Waals surface area contributed by atoms with Gasteiger partial charge in [-0.15, -0.1) is 0 Å². The highest BCUT2D eigenvalue weighted by Crippen LogP contribution is 2.38. The van der Waals surface area contributed by atoms with Crippen LogP contribution >= 0.6 is 0 Å². The molecule has 19 heavy (non-hydrogen) atoms. The van der Waals surface area contributed by atoms with Crippen molar-refractivity contribution < 1.29 is 17.9 Å². The third-order valence-electron chi connectivity index (χ3n) is 4.19. The van der Waals surface area contributed by atoms with E-state index in [0.29, 0.717) is 12.6 Å². The molecule has 2 aliphatic heterocycles. The van der Waals surface area contributed by atoms with E-state index in [2.05, 4.69) is 4.90 Å². The largest absolute Gasteiger partial charge is 0.381 e. The number of hydrogen-bond donors (Lipinski definition) is 0. The second kappa shape index (κ2) is 4.80.